The van der Waals surface area contributed by atoms with E-state index in [1.807, 2.05) is 24.4 Å². The van der Waals surface area contributed by atoms with Crippen LogP contribution in [-0.2, 0) is 6.42 Å². The van der Waals surface area contributed by atoms with Crippen molar-refractivity contribution >= 4 is 27.4 Å². The van der Waals surface area contributed by atoms with Gasteiger partial charge in [0.05, 0.1) is 13.3 Å². The zero-order valence-corrected chi connectivity index (χ0v) is 12.3. The molecule has 0 fully saturated rings. The fourth-order valence-electron chi connectivity index (χ4n) is 2.13. The van der Waals surface area contributed by atoms with Crippen molar-refractivity contribution in [1.29, 1.82) is 0 Å². The molecule has 0 saturated carbocycles. The van der Waals surface area contributed by atoms with Gasteiger partial charge in [-0.2, -0.15) is 5.10 Å². The van der Waals surface area contributed by atoms with Gasteiger partial charge in [-0.3, -0.25) is 0 Å². The average molecular weight is 300 g/mol. The van der Waals surface area contributed by atoms with Gasteiger partial charge in [-0.25, -0.2) is 14.5 Å². The van der Waals surface area contributed by atoms with E-state index in [1.54, 1.807) is 23.0 Å². The van der Waals surface area contributed by atoms with E-state index in [0.717, 1.165) is 27.7 Å². The molecule has 0 bridgehead atoms. The van der Waals surface area contributed by atoms with Gasteiger partial charge in [0.15, 0.2) is 5.58 Å². The van der Waals surface area contributed by atoms with Crippen molar-refractivity contribution in [3.8, 4) is 17.3 Å². The fourth-order valence-corrected chi connectivity index (χ4v) is 2.94. The van der Waals surface area contributed by atoms with Gasteiger partial charge in [-0.15, -0.1) is 0 Å². The first-order valence-corrected chi connectivity index (χ1v) is 7.38. The number of nitrogens with zero attached hydrogens (tertiary/aromatic N) is 4. The van der Waals surface area contributed by atoms with Gasteiger partial charge in [0.25, 0.3) is 0 Å². The van der Waals surface area contributed by atoms with Gasteiger partial charge in [0, 0.05) is 6.07 Å². The van der Waals surface area contributed by atoms with Gasteiger partial charge >= 0.3 is 0 Å². The van der Waals surface area contributed by atoms with Crippen LogP contribution >= 0.6 is 11.3 Å². The van der Waals surface area contributed by atoms with E-state index in [0.29, 0.717) is 17.2 Å². The molecule has 4 aromatic rings. The molecule has 0 N–H and O–H groups in total. The van der Waals surface area contributed by atoms with Crippen LogP contribution in [0, 0.1) is 0 Å². The summed E-state index contributed by atoms with van der Waals surface area (Å²) in [4.78, 5) is 9.82. The van der Waals surface area contributed by atoms with Gasteiger partial charge < -0.3 is 9.15 Å². The molecule has 3 aromatic heterocycles. The molecule has 0 radical (unpaired) electrons. The van der Waals surface area contributed by atoms with Gasteiger partial charge in [-0.1, -0.05) is 18.3 Å². The molecule has 0 spiro atoms. The number of imidazole rings is 1. The van der Waals surface area contributed by atoms with Crippen LogP contribution in [0.4, 0.5) is 0 Å². The van der Waals surface area contributed by atoms with Crippen molar-refractivity contribution in [2.75, 3.05) is 7.11 Å². The molecular weight excluding hydrogens is 288 g/mol. The number of oxazole rings is 1. The first kappa shape index (κ1) is 12.3. The number of hydrogen-bond acceptors (Lipinski definition) is 6. The third-order valence-corrected chi connectivity index (χ3v) is 4.27. The molecule has 3 heterocycles. The van der Waals surface area contributed by atoms with Crippen LogP contribution in [0.25, 0.3) is 27.6 Å². The van der Waals surface area contributed by atoms with Crippen molar-refractivity contribution in [3.63, 3.8) is 0 Å². The van der Waals surface area contributed by atoms with Crippen molar-refractivity contribution in [1.82, 2.24) is 19.6 Å². The van der Waals surface area contributed by atoms with E-state index in [2.05, 4.69) is 22.0 Å². The highest BCUT2D eigenvalue weighted by Crippen LogP contribution is 2.27. The molecular formula is C14H12N4O2S. The lowest BCUT2D eigenvalue weighted by atomic mass is 10.3. The smallest absolute Gasteiger partial charge is 0.247 e. The summed E-state index contributed by atoms with van der Waals surface area (Å²) in [6.45, 7) is 2.08. The lowest BCUT2D eigenvalue weighted by Crippen LogP contribution is -1.83. The normalized spacial score (nSPS) is 11.5. The van der Waals surface area contributed by atoms with Crippen LogP contribution in [0.3, 0.4) is 0 Å². The number of aromatic nitrogens is 4. The second-order valence-corrected chi connectivity index (χ2v) is 5.60. The summed E-state index contributed by atoms with van der Waals surface area (Å²) in [5, 5.41) is 5.50. The van der Waals surface area contributed by atoms with E-state index in [4.69, 9.17) is 9.15 Å². The number of rotatable bonds is 3. The molecule has 0 aliphatic rings. The number of hydrogen-bond donors (Lipinski definition) is 0. The SMILES string of the molecule is CCc1nn2cc(-c3nc4ccc(OC)cc4o3)nc2s1. The Balaban J connectivity index is 1.81. The van der Waals surface area contributed by atoms with E-state index >= 15 is 0 Å². The Kier molecular flexibility index (Phi) is 2.68. The molecule has 4 rings (SSSR count). The Labute approximate surface area is 124 Å². The maximum absolute atomic E-state index is 5.76. The molecule has 106 valence electrons. The number of aryl methyl sites for hydroxylation is 1. The van der Waals surface area contributed by atoms with Crippen molar-refractivity contribution < 1.29 is 9.15 Å². The Hall–Kier alpha value is -2.41. The van der Waals surface area contributed by atoms with E-state index in [-0.39, 0.29) is 0 Å². The van der Waals surface area contributed by atoms with Crippen LogP contribution in [0.5, 0.6) is 5.75 Å². The van der Waals surface area contributed by atoms with Crippen LogP contribution in [0.1, 0.15) is 11.9 Å². The van der Waals surface area contributed by atoms with Gasteiger partial charge in [-0.05, 0) is 18.6 Å². The standard InChI is InChI=1S/C14H12N4O2S/c1-3-12-17-18-7-10(16-14(18)21-12)13-15-9-5-4-8(19-2)6-11(9)20-13/h4-7H,3H2,1-2H3. The first-order chi connectivity index (χ1) is 10.3. The lowest BCUT2D eigenvalue weighted by Gasteiger charge is -1.95. The third-order valence-electron chi connectivity index (χ3n) is 3.20. The minimum atomic E-state index is 0.494. The topological polar surface area (TPSA) is 65.5 Å². The molecule has 7 heteroatoms. The predicted octanol–water partition coefficient (Wildman–Crippen LogP) is 3.17. The van der Waals surface area contributed by atoms with Gasteiger partial charge in [0.1, 0.15) is 22.0 Å². The summed E-state index contributed by atoms with van der Waals surface area (Å²) < 4.78 is 12.7. The molecule has 6 nitrogen and oxygen atoms in total. The second-order valence-electron chi connectivity index (χ2n) is 4.56. The number of benzene rings is 1. The highest BCUT2D eigenvalue weighted by Gasteiger charge is 2.14. The Morgan fingerprint density at radius 3 is 3.00 bits per heavy atom. The van der Waals surface area contributed by atoms with E-state index < -0.39 is 0 Å². The van der Waals surface area contributed by atoms with Crippen LogP contribution in [0.2, 0.25) is 0 Å². The minimum absolute atomic E-state index is 0.494. The maximum Gasteiger partial charge on any atom is 0.247 e. The van der Waals surface area contributed by atoms with Crippen LogP contribution in [-0.4, -0.2) is 26.7 Å². The van der Waals surface area contributed by atoms with Crippen LogP contribution < -0.4 is 4.74 Å². The number of methoxy groups -OCH3 is 1. The van der Waals surface area contributed by atoms with Crippen molar-refractivity contribution in [2.24, 2.45) is 0 Å². The lowest BCUT2D eigenvalue weighted by molar-refractivity contribution is 0.414. The number of fused-ring (bicyclic) bond motifs is 2. The molecule has 1 aromatic carbocycles. The summed E-state index contributed by atoms with van der Waals surface area (Å²) in [6.07, 6.45) is 2.75. The van der Waals surface area contributed by atoms with E-state index in [1.165, 1.54) is 0 Å². The Morgan fingerprint density at radius 1 is 1.33 bits per heavy atom. The molecule has 21 heavy (non-hydrogen) atoms. The summed E-state index contributed by atoms with van der Waals surface area (Å²) in [5.41, 5.74) is 2.15. The minimum Gasteiger partial charge on any atom is -0.497 e. The predicted molar refractivity (Wildman–Crippen MR) is 79.8 cm³/mol. The monoisotopic (exact) mass is 300 g/mol. The quantitative estimate of drug-likeness (QED) is 0.581. The maximum atomic E-state index is 5.76. The van der Waals surface area contributed by atoms with Crippen molar-refractivity contribution in [3.05, 3.63) is 29.4 Å². The number of ether oxygens (including phenoxy) is 1. The Bertz CT molecular complexity index is 906. The summed E-state index contributed by atoms with van der Waals surface area (Å²) in [6, 6.07) is 5.54. The summed E-state index contributed by atoms with van der Waals surface area (Å²) >= 11 is 1.58. The summed E-state index contributed by atoms with van der Waals surface area (Å²) in [7, 11) is 1.62. The average Bonchev–Trinajstić information content (AvgIpc) is 3.17. The molecule has 0 unspecified atom stereocenters. The summed E-state index contributed by atoms with van der Waals surface area (Å²) in [5.74, 6) is 1.24. The van der Waals surface area contributed by atoms with E-state index in [9.17, 15) is 0 Å². The zero-order chi connectivity index (χ0) is 14.4. The zero-order valence-electron chi connectivity index (χ0n) is 11.5. The molecule has 0 aliphatic heterocycles. The molecule has 0 atom stereocenters. The highest BCUT2D eigenvalue weighted by atomic mass is 32.1. The highest BCUT2D eigenvalue weighted by molar-refractivity contribution is 7.16. The first-order valence-electron chi connectivity index (χ1n) is 6.57. The third kappa shape index (κ3) is 1.97. The van der Waals surface area contributed by atoms with Gasteiger partial charge in [0.2, 0.25) is 10.9 Å². The second kappa shape index (κ2) is 4.56. The fraction of sp³-hybridized carbons (Fsp3) is 0.214. The molecule has 0 aliphatic carbocycles. The van der Waals surface area contributed by atoms with Crippen LogP contribution in [0.15, 0.2) is 28.8 Å². The Morgan fingerprint density at radius 2 is 2.24 bits per heavy atom. The molecule has 0 saturated heterocycles. The molecule has 0 amide bonds. The largest absolute Gasteiger partial charge is 0.497 e. The van der Waals surface area contributed by atoms with Crippen molar-refractivity contribution in [2.45, 2.75) is 13.3 Å².